The van der Waals surface area contributed by atoms with Crippen LogP contribution in [0.25, 0.3) is 5.76 Å². The maximum atomic E-state index is 13.5. The number of aliphatic hydroxyl groups is 1. The first-order chi connectivity index (χ1) is 17.9. The second kappa shape index (κ2) is 10.4. The van der Waals surface area contributed by atoms with E-state index >= 15 is 0 Å². The van der Waals surface area contributed by atoms with Crippen LogP contribution < -0.4 is 14.4 Å². The van der Waals surface area contributed by atoms with Gasteiger partial charge in [0.05, 0.1) is 24.8 Å². The maximum Gasteiger partial charge on any atom is 0.300 e. The molecule has 0 aromatic heterocycles. The lowest BCUT2D eigenvalue weighted by Gasteiger charge is -2.27. The first-order valence-electron chi connectivity index (χ1n) is 12.8. The van der Waals surface area contributed by atoms with Crippen molar-refractivity contribution in [2.24, 2.45) is 0 Å². The van der Waals surface area contributed by atoms with Crippen LogP contribution in [-0.2, 0) is 15.0 Å². The van der Waals surface area contributed by atoms with Crippen molar-refractivity contribution in [2.45, 2.75) is 59.1 Å². The van der Waals surface area contributed by atoms with Crippen molar-refractivity contribution in [2.75, 3.05) is 12.0 Å². The fraction of sp³-hybridized carbons (Fsp3) is 0.312. The smallest absolute Gasteiger partial charge is 0.300 e. The molecule has 3 aromatic carbocycles. The number of aliphatic hydroxyl groups excluding tert-OH is 1. The Balaban J connectivity index is 1.89. The van der Waals surface area contributed by atoms with Gasteiger partial charge in [0.15, 0.2) is 0 Å². The van der Waals surface area contributed by atoms with Crippen molar-refractivity contribution in [1.82, 2.24) is 0 Å². The highest BCUT2D eigenvalue weighted by molar-refractivity contribution is 6.51. The average molecular weight is 514 g/mol. The van der Waals surface area contributed by atoms with E-state index in [1.807, 2.05) is 69.3 Å². The second-order valence-electron chi connectivity index (χ2n) is 10.9. The van der Waals surface area contributed by atoms with Gasteiger partial charge in [-0.2, -0.15) is 0 Å². The standard InChI is InChI=1S/C32H35NO5/c1-19(2)38-24-14-8-21(9-15-24)28-27(29(34)26-17-16-25(37-7)18-20(26)3)30(35)31(36)33(28)23-12-10-22(11-13-23)32(4,5)6/h8-19,28,34H,1-7H3/b29-27-. The minimum Gasteiger partial charge on any atom is -0.507 e. The predicted molar refractivity (Wildman–Crippen MR) is 150 cm³/mol. The minimum absolute atomic E-state index is 0.00543. The Labute approximate surface area is 224 Å². The summed E-state index contributed by atoms with van der Waals surface area (Å²) in [5, 5.41) is 11.5. The lowest BCUT2D eigenvalue weighted by molar-refractivity contribution is -0.132. The SMILES string of the molecule is COc1ccc(/C(O)=C2/C(=O)C(=O)N(c3ccc(C(C)(C)C)cc3)C2c2ccc(OC(C)C)cc2)c(C)c1. The molecule has 6 heteroatoms. The monoisotopic (exact) mass is 513 g/mol. The molecule has 0 aliphatic carbocycles. The third-order valence-electron chi connectivity index (χ3n) is 6.71. The molecular weight excluding hydrogens is 478 g/mol. The fourth-order valence-electron chi connectivity index (χ4n) is 4.71. The van der Waals surface area contributed by atoms with E-state index in [1.165, 1.54) is 4.90 Å². The van der Waals surface area contributed by atoms with E-state index in [9.17, 15) is 14.7 Å². The van der Waals surface area contributed by atoms with Gasteiger partial charge in [-0.25, -0.2) is 0 Å². The normalized spacial score (nSPS) is 17.3. The van der Waals surface area contributed by atoms with Crippen LogP contribution in [0.15, 0.2) is 72.3 Å². The first-order valence-corrected chi connectivity index (χ1v) is 12.8. The number of amides is 1. The van der Waals surface area contributed by atoms with Gasteiger partial charge >= 0.3 is 0 Å². The molecule has 1 fully saturated rings. The molecule has 6 nitrogen and oxygen atoms in total. The first kappa shape index (κ1) is 27.0. The molecule has 1 saturated heterocycles. The van der Waals surface area contributed by atoms with Gasteiger partial charge in [0.1, 0.15) is 17.3 Å². The number of nitrogens with zero attached hydrogens (tertiary/aromatic N) is 1. The molecule has 1 amide bonds. The summed E-state index contributed by atoms with van der Waals surface area (Å²) in [6.45, 7) is 12.1. The topological polar surface area (TPSA) is 76.1 Å². The Bertz CT molecular complexity index is 1380. The van der Waals surface area contributed by atoms with E-state index in [0.717, 1.165) is 11.1 Å². The summed E-state index contributed by atoms with van der Waals surface area (Å²) in [4.78, 5) is 28.5. The van der Waals surface area contributed by atoms with Crippen LogP contribution in [0, 0.1) is 6.92 Å². The van der Waals surface area contributed by atoms with E-state index < -0.39 is 17.7 Å². The zero-order valence-corrected chi connectivity index (χ0v) is 23.0. The maximum absolute atomic E-state index is 13.5. The number of anilines is 1. The van der Waals surface area contributed by atoms with Crippen LogP contribution in [0.2, 0.25) is 0 Å². The van der Waals surface area contributed by atoms with Gasteiger partial charge in [-0.1, -0.05) is 45.0 Å². The van der Waals surface area contributed by atoms with Gasteiger partial charge in [-0.3, -0.25) is 14.5 Å². The summed E-state index contributed by atoms with van der Waals surface area (Å²) in [5.41, 5.74) is 3.55. The molecule has 0 radical (unpaired) electrons. The number of hydrogen-bond acceptors (Lipinski definition) is 5. The number of aryl methyl sites for hydroxylation is 1. The Kier molecular flexibility index (Phi) is 7.36. The molecule has 1 aliphatic heterocycles. The third kappa shape index (κ3) is 5.17. The van der Waals surface area contributed by atoms with Gasteiger partial charge in [0.25, 0.3) is 11.7 Å². The van der Waals surface area contributed by atoms with Gasteiger partial charge < -0.3 is 14.6 Å². The predicted octanol–water partition coefficient (Wildman–Crippen LogP) is 6.71. The van der Waals surface area contributed by atoms with E-state index in [0.29, 0.717) is 28.3 Å². The van der Waals surface area contributed by atoms with Gasteiger partial charge in [-0.15, -0.1) is 0 Å². The quantitative estimate of drug-likeness (QED) is 0.225. The average Bonchev–Trinajstić information content (AvgIpc) is 3.13. The number of Topliss-reactive ketones (excluding diaryl/α,β-unsaturated/α-hetero) is 1. The number of ketones is 1. The minimum atomic E-state index is -0.815. The van der Waals surface area contributed by atoms with Crippen molar-refractivity contribution < 1.29 is 24.2 Å². The molecule has 3 aromatic rings. The Morgan fingerprint density at radius 1 is 0.921 bits per heavy atom. The molecule has 0 bridgehead atoms. The summed E-state index contributed by atoms with van der Waals surface area (Å²) in [6.07, 6.45) is 0.00543. The number of carbonyl (C=O) groups is 2. The highest BCUT2D eigenvalue weighted by Crippen LogP contribution is 2.43. The summed E-state index contributed by atoms with van der Waals surface area (Å²) < 4.78 is 11.1. The molecule has 0 saturated carbocycles. The number of benzene rings is 3. The van der Waals surface area contributed by atoms with Crippen molar-refractivity contribution in [3.8, 4) is 11.5 Å². The molecule has 0 spiro atoms. The zero-order valence-electron chi connectivity index (χ0n) is 23.0. The molecular formula is C32H35NO5. The van der Waals surface area contributed by atoms with Crippen LogP contribution in [0.1, 0.15) is 62.9 Å². The summed E-state index contributed by atoms with van der Waals surface area (Å²) in [6, 6.07) is 19.3. The van der Waals surface area contributed by atoms with Gasteiger partial charge in [0.2, 0.25) is 0 Å². The lowest BCUT2D eigenvalue weighted by Crippen LogP contribution is -2.29. The number of ether oxygens (including phenoxy) is 2. The lowest BCUT2D eigenvalue weighted by atomic mass is 9.87. The number of hydrogen-bond donors (Lipinski definition) is 1. The molecule has 1 aliphatic rings. The van der Waals surface area contributed by atoms with Crippen molar-refractivity contribution in [3.63, 3.8) is 0 Å². The zero-order chi connectivity index (χ0) is 27.8. The Morgan fingerprint density at radius 2 is 1.53 bits per heavy atom. The Morgan fingerprint density at radius 3 is 2.05 bits per heavy atom. The van der Waals surface area contributed by atoms with Crippen LogP contribution >= 0.6 is 0 Å². The molecule has 1 unspecified atom stereocenters. The van der Waals surface area contributed by atoms with Crippen LogP contribution in [-0.4, -0.2) is 30.0 Å². The highest BCUT2D eigenvalue weighted by atomic mass is 16.5. The Hall–Kier alpha value is -4.06. The van der Waals surface area contributed by atoms with Crippen molar-refractivity contribution in [3.05, 3.63) is 94.6 Å². The molecule has 1 heterocycles. The molecule has 1 atom stereocenters. The van der Waals surface area contributed by atoms with Crippen molar-refractivity contribution in [1.29, 1.82) is 0 Å². The van der Waals surface area contributed by atoms with Crippen LogP contribution in [0.3, 0.4) is 0 Å². The molecule has 198 valence electrons. The second-order valence-corrected chi connectivity index (χ2v) is 10.9. The van der Waals surface area contributed by atoms with Crippen LogP contribution in [0.5, 0.6) is 11.5 Å². The van der Waals surface area contributed by atoms with Gasteiger partial charge in [-0.05, 0) is 85.3 Å². The summed E-state index contributed by atoms with van der Waals surface area (Å²) in [5.74, 6) is -0.319. The molecule has 1 N–H and O–H groups in total. The fourth-order valence-corrected chi connectivity index (χ4v) is 4.71. The summed E-state index contributed by atoms with van der Waals surface area (Å²) in [7, 11) is 1.57. The van der Waals surface area contributed by atoms with Crippen molar-refractivity contribution >= 4 is 23.1 Å². The van der Waals surface area contributed by atoms with E-state index in [-0.39, 0.29) is 22.9 Å². The van der Waals surface area contributed by atoms with Gasteiger partial charge in [0, 0.05) is 11.3 Å². The number of carbonyl (C=O) groups excluding carboxylic acids is 2. The number of rotatable bonds is 6. The molecule has 4 rings (SSSR count). The highest BCUT2D eigenvalue weighted by Gasteiger charge is 2.47. The summed E-state index contributed by atoms with van der Waals surface area (Å²) >= 11 is 0. The van der Waals surface area contributed by atoms with E-state index in [1.54, 1.807) is 25.3 Å². The van der Waals surface area contributed by atoms with E-state index in [4.69, 9.17) is 9.47 Å². The van der Waals surface area contributed by atoms with E-state index in [2.05, 4.69) is 20.8 Å². The van der Waals surface area contributed by atoms with Crippen LogP contribution in [0.4, 0.5) is 5.69 Å². The third-order valence-corrected chi connectivity index (χ3v) is 6.71. The largest absolute Gasteiger partial charge is 0.507 e. The number of methoxy groups -OCH3 is 1. The molecule has 38 heavy (non-hydrogen) atoms.